The van der Waals surface area contributed by atoms with Crippen molar-refractivity contribution < 1.29 is 33.6 Å². The molecule has 9 heteroatoms. The summed E-state index contributed by atoms with van der Waals surface area (Å²) in [5.74, 6) is 0.404. The van der Waals surface area contributed by atoms with Gasteiger partial charge in [0.25, 0.3) is 11.7 Å². The quantitative estimate of drug-likeness (QED) is 0.270. The molecule has 0 radical (unpaired) electrons. The van der Waals surface area contributed by atoms with Crippen LogP contribution >= 0.6 is 0 Å². The molecule has 0 bridgehead atoms. The number of benzene rings is 2. The van der Waals surface area contributed by atoms with E-state index < -0.39 is 17.7 Å². The molecular formula is C31H38N2O7. The number of likely N-dealkylation sites (tertiary alicyclic amines) is 1. The van der Waals surface area contributed by atoms with Gasteiger partial charge in [-0.15, -0.1) is 0 Å². The van der Waals surface area contributed by atoms with Gasteiger partial charge < -0.3 is 29.0 Å². The number of nitrogens with zero attached hydrogens (tertiary/aromatic N) is 2. The molecule has 2 aromatic rings. The van der Waals surface area contributed by atoms with Crippen LogP contribution in [0, 0.1) is 0 Å². The molecule has 0 saturated carbocycles. The molecule has 2 aromatic carbocycles. The van der Waals surface area contributed by atoms with Gasteiger partial charge >= 0.3 is 0 Å². The summed E-state index contributed by atoms with van der Waals surface area (Å²) in [7, 11) is 0. The van der Waals surface area contributed by atoms with Crippen LogP contribution in [-0.4, -0.2) is 85.3 Å². The zero-order valence-electron chi connectivity index (χ0n) is 23.5. The lowest BCUT2D eigenvalue weighted by molar-refractivity contribution is -0.140. The van der Waals surface area contributed by atoms with Crippen LogP contribution in [0.2, 0.25) is 0 Å². The van der Waals surface area contributed by atoms with E-state index in [0.29, 0.717) is 68.6 Å². The lowest BCUT2D eigenvalue weighted by Gasteiger charge is -2.31. The van der Waals surface area contributed by atoms with Crippen molar-refractivity contribution in [3.05, 3.63) is 58.7 Å². The Morgan fingerprint density at radius 2 is 1.82 bits per heavy atom. The van der Waals surface area contributed by atoms with Gasteiger partial charge in [-0.1, -0.05) is 13.0 Å². The number of aliphatic hydroxyl groups is 1. The monoisotopic (exact) mass is 550 g/mol. The molecule has 2 saturated heterocycles. The van der Waals surface area contributed by atoms with Crippen LogP contribution in [0.3, 0.4) is 0 Å². The number of fused-ring (bicyclic) bond motifs is 1. The van der Waals surface area contributed by atoms with Gasteiger partial charge in [0, 0.05) is 38.2 Å². The van der Waals surface area contributed by atoms with E-state index in [9.17, 15) is 14.7 Å². The number of ether oxygens (including phenoxy) is 4. The molecule has 2 atom stereocenters. The molecule has 3 heterocycles. The molecule has 0 spiro atoms. The molecule has 5 rings (SSSR count). The third-order valence-electron chi connectivity index (χ3n) is 7.52. The summed E-state index contributed by atoms with van der Waals surface area (Å²) in [6.07, 6.45) is 1.60. The van der Waals surface area contributed by atoms with E-state index in [-0.39, 0.29) is 17.4 Å². The topological polar surface area (TPSA) is 97.8 Å². The number of ketones is 1. The van der Waals surface area contributed by atoms with Gasteiger partial charge in [-0.05, 0) is 61.7 Å². The average Bonchev–Trinajstić information content (AvgIpc) is 3.46. The van der Waals surface area contributed by atoms with Crippen LogP contribution in [0.25, 0.3) is 5.76 Å². The molecule has 3 aliphatic heterocycles. The first-order chi connectivity index (χ1) is 19.4. The van der Waals surface area contributed by atoms with E-state index in [4.69, 9.17) is 18.9 Å². The van der Waals surface area contributed by atoms with E-state index in [1.807, 2.05) is 51.1 Å². The van der Waals surface area contributed by atoms with Gasteiger partial charge in [0.1, 0.15) is 17.6 Å². The molecule has 1 amide bonds. The van der Waals surface area contributed by atoms with Crippen molar-refractivity contribution >= 4 is 17.4 Å². The molecule has 9 nitrogen and oxygen atoms in total. The first-order valence-electron chi connectivity index (χ1n) is 14.2. The number of carbonyl (C=O) groups excluding carboxylic acids is 2. The highest BCUT2D eigenvalue weighted by Gasteiger charge is 2.46. The fraction of sp³-hybridized carbons (Fsp3) is 0.484. The number of amides is 1. The Bertz CT molecular complexity index is 1280. The predicted octanol–water partition coefficient (Wildman–Crippen LogP) is 3.95. The molecule has 3 aliphatic rings. The maximum atomic E-state index is 13.5. The minimum absolute atomic E-state index is 0.0450. The molecule has 214 valence electrons. The Morgan fingerprint density at radius 3 is 2.58 bits per heavy atom. The summed E-state index contributed by atoms with van der Waals surface area (Å²) >= 11 is 0. The fourth-order valence-corrected chi connectivity index (χ4v) is 5.55. The Balaban J connectivity index is 1.56. The van der Waals surface area contributed by atoms with Crippen molar-refractivity contribution in [2.24, 2.45) is 0 Å². The lowest BCUT2D eigenvalue weighted by atomic mass is 9.94. The number of Topliss-reactive ketones (excluding diaryl/α,β-unsaturated/α-hetero) is 1. The average molecular weight is 551 g/mol. The summed E-state index contributed by atoms with van der Waals surface area (Å²) in [4.78, 5) is 30.8. The van der Waals surface area contributed by atoms with Crippen molar-refractivity contribution in [2.75, 3.05) is 52.6 Å². The van der Waals surface area contributed by atoms with E-state index >= 15 is 0 Å². The van der Waals surface area contributed by atoms with Gasteiger partial charge in [0.2, 0.25) is 0 Å². The van der Waals surface area contributed by atoms with Gasteiger partial charge in [-0.25, -0.2) is 0 Å². The summed E-state index contributed by atoms with van der Waals surface area (Å²) in [5, 5.41) is 11.6. The summed E-state index contributed by atoms with van der Waals surface area (Å²) in [5.41, 5.74) is 2.20. The smallest absolute Gasteiger partial charge is 0.295 e. The second kappa shape index (κ2) is 12.3. The third-order valence-corrected chi connectivity index (χ3v) is 7.52. The van der Waals surface area contributed by atoms with E-state index in [1.165, 1.54) is 0 Å². The van der Waals surface area contributed by atoms with Crippen molar-refractivity contribution in [3.8, 4) is 17.2 Å². The normalized spacial score (nSPS) is 22.3. The van der Waals surface area contributed by atoms with Crippen molar-refractivity contribution in [2.45, 2.75) is 45.8 Å². The number of aliphatic hydroxyl groups excluding tert-OH is 1. The van der Waals surface area contributed by atoms with Crippen LogP contribution in [0.5, 0.6) is 17.2 Å². The number of hydrogen-bond donors (Lipinski definition) is 1. The number of carbonyl (C=O) groups is 2. The minimum Gasteiger partial charge on any atom is -0.507 e. The second-order valence-electron chi connectivity index (χ2n) is 10.4. The summed E-state index contributed by atoms with van der Waals surface area (Å²) in [6, 6.07) is 10.1. The summed E-state index contributed by atoms with van der Waals surface area (Å²) < 4.78 is 23.0. The zero-order chi connectivity index (χ0) is 28.2. The van der Waals surface area contributed by atoms with Crippen molar-refractivity contribution in [3.63, 3.8) is 0 Å². The first kappa shape index (κ1) is 28.0. The maximum Gasteiger partial charge on any atom is 0.295 e. The van der Waals surface area contributed by atoms with Crippen LogP contribution < -0.4 is 14.2 Å². The Labute approximate surface area is 235 Å². The van der Waals surface area contributed by atoms with Gasteiger partial charge in [0.05, 0.1) is 38.0 Å². The van der Waals surface area contributed by atoms with Crippen LogP contribution in [0.15, 0.2) is 42.0 Å². The molecule has 0 aliphatic carbocycles. The standard InChI is InChI=1S/C31H38N2O7/c1-4-14-39-25-9-6-21(19-26(25)38-5-2)28-27(29(34)22-7-8-24-23(18-22)17-20(3)40-24)30(35)31(36)33(28)11-10-32-12-15-37-16-13-32/h6-9,18-20,28,34H,4-5,10-17H2,1-3H3/b29-27-. The van der Waals surface area contributed by atoms with E-state index in [1.54, 1.807) is 11.0 Å². The fourth-order valence-electron chi connectivity index (χ4n) is 5.55. The third kappa shape index (κ3) is 5.67. The lowest BCUT2D eigenvalue weighted by Crippen LogP contribution is -2.42. The van der Waals surface area contributed by atoms with Crippen LogP contribution in [-0.2, 0) is 20.7 Å². The molecule has 1 N–H and O–H groups in total. The first-order valence-corrected chi connectivity index (χ1v) is 14.2. The molecule has 2 fully saturated rings. The number of rotatable bonds is 10. The highest BCUT2D eigenvalue weighted by Crippen LogP contribution is 2.43. The second-order valence-corrected chi connectivity index (χ2v) is 10.4. The Kier molecular flexibility index (Phi) is 8.61. The Hall–Kier alpha value is -3.56. The Morgan fingerprint density at radius 1 is 1.02 bits per heavy atom. The van der Waals surface area contributed by atoms with Gasteiger partial charge in [0.15, 0.2) is 11.5 Å². The number of morpholine rings is 1. The van der Waals surface area contributed by atoms with Gasteiger partial charge in [-0.3, -0.25) is 14.5 Å². The maximum absolute atomic E-state index is 13.5. The van der Waals surface area contributed by atoms with E-state index in [2.05, 4.69) is 4.90 Å². The summed E-state index contributed by atoms with van der Waals surface area (Å²) in [6.45, 7) is 10.6. The van der Waals surface area contributed by atoms with Crippen molar-refractivity contribution in [1.82, 2.24) is 9.80 Å². The van der Waals surface area contributed by atoms with Crippen LogP contribution in [0.1, 0.15) is 49.9 Å². The highest BCUT2D eigenvalue weighted by molar-refractivity contribution is 6.46. The van der Waals surface area contributed by atoms with Crippen LogP contribution in [0.4, 0.5) is 0 Å². The number of hydrogen-bond acceptors (Lipinski definition) is 8. The molecular weight excluding hydrogens is 512 g/mol. The van der Waals surface area contributed by atoms with Crippen molar-refractivity contribution in [1.29, 1.82) is 0 Å². The largest absolute Gasteiger partial charge is 0.507 e. The molecule has 2 unspecified atom stereocenters. The highest BCUT2D eigenvalue weighted by atomic mass is 16.5. The predicted molar refractivity (Wildman–Crippen MR) is 150 cm³/mol. The SMILES string of the molecule is CCCOc1ccc(C2/C(=C(/O)c3ccc4c(c3)CC(C)O4)C(=O)C(=O)N2CCN2CCOCC2)cc1OCC. The molecule has 0 aromatic heterocycles. The minimum atomic E-state index is -0.774. The van der Waals surface area contributed by atoms with E-state index in [0.717, 1.165) is 30.8 Å². The zero-order valence-corrected chi connectivity index (χ0v) is 23.5. The molecule has 40 heavy (non-hydrogen) atoms. The van der Waals surface area contributed by atoms with Gasteiger partial charge in [-0.2, -0.15) is 0 Å².